The van der Waals surface area contributed by atoms with Gasteiger partial charge in [0.15, 0.2) is 0 Å². The van der Waals surface area contributed by atoms with Crippen LogP contribution in [0, 0.1) is 5.41 Å². The topological polar surface area (TPSA) is 51.3 Å². The number of nitrogens with two attached hydrogens (primary N) is 1. The van der Waals surface area contributed by atoms with Gasteiger partial charge in [0, 0.05) is 29.3 Å². The molecule has 2 rings (SSSR count). The number of aromatic nitrogens is 1. The van der Waals surface area contributed by atoms with Gasteiger partial charge in [-0.1, -0.05) is 26.8 Å². The van der Waals surface area contributed by atoms with E-state index in [4.69, 9.17) is 5.73 Å². The Balaban J connectivity index is 2.29. The Morgan fingerprint density at radius 3 is 2.62 bits per heavy atom. The fourth-order valence-corrected chi connectivity index (χ4v) is 1.69. The van der Waals surface area contributed by atoms with E-state index in [1.807, 2.05) is 12.1 Å². The van der Waals surface area contributed by atoms with Gasteiger partial charge in [0.25, 0.3) is 0 Å². The molecule has 2 N–H and O–H groups in total. The standard InChI is InChI=1S/C13H17N3/c1-13(2,3)11-5-4-10(16-11)9-6-7-15-12(14)8-9/h4,6-8H,5H2,1-3H3,(H2,14,15). The van der Waals surface area contributed by atoms with Gasteiger partial charge < -0.3 is 5.73 Å². The monoisotopic (exact) mass is 215 g/mol. The highest BCUT2D eigenvalue weighted by Crippen LogP contribution is 2.29. The lowest BCUT2D eigenvalue weighted by atomic mass is 9.89. The summed E-state index contributed by atoms with van der Waals surface area (Å²) in [6.45, 7) is 6.55. The quantitative estimate of drug-likeness (QED) is 0.783. The minimum Gasteiger partial charge on any atom is -0.384 e. The first-order valence-electron chi connectivity index (χ1n) is 5.47. The minimum absolute atomic E-state index is 0.136. The third kappa shape index (κ3) is 2.13. The van der Waals surface area contributed by atoms with Crippen LogP contribution in [-0.2, 0) is 0 Å². The van der Waals surface area contributed by atoms with Gasteiger partial charge in [-0.3, -0.25) is 4.99 Å². The molecule has 0 saturated heterocycles. The Morgan fingerprint density at radius 1 is 1.31 bits per heavy atom. The zero-order valence-electron chi connectivity index (χ0n) is 9.99. The number of hydrogen-bond donors (Lipinski definition) is 1. The fraction of sp³-hybridized carbons (Fsp3) is 0.385. The summed E-state index contributed by atoms with van der Waals surface area (Å²) in [7, 11) is 0. The van der Waals surface area contributed by atoms with E-state index in [1.54, 1.807) is 6.20 Å². The van der Waals surface area contributed by atoms with Gasteiger partial charge in [-0.15, -0.1) is 0 Å². The zero-order valence-corrected chi connectivity index (χ0v) is 9.99. The lowest BCUT2D eigenvalue weighted by Gasteiger charge is -2.17. The van der Waals surface area contributed by atoms with Gasteiger partial charge in [-0.2, -0.15) is 0 Å². The SMILES string of the molecule is CC(C)(C)C1=NC(c2ccnc(N)c2)=CC1. The van der Waals surface area contributed by atoms with Crippen LogP contribution in [0.4, 0.5) is 5.82 Å². The maximum atomic E-state index is 5.66. The molecule has 84 valence electrons. The van der Waals surface area contributed by atoms with E-state index in [2.05, 4.69) is 36.8 Å². The summed E-state index contributed by atoms with van der Waals surface area (Å²) in [5.41, 5.74) is 9.08. The molecular formula is C13H17N3. The van der Waals surface area contributed by atoms with Crippen molar-refractivity contribution < 1.29 is 0 Å². The van der Waals surface area contributed by atoms with Crippen molar-refractivity contribution in [3.63, 3.8) is 0 Å². The molecule has 0 spiro atoms. The van der Waals surface area contributed by atoms with Crippen LogP contribution in [0.3, 0.4) is 0 Å². The van der Waals surface area contributed by atoms with Crippen LogP contribution in [0.5, 0.6) is 0 Å². The highest BCUT2D eigenvalue weighted by molar-refractivity contribution is 5.99. The number of nitrogen functional groups attached to an aromatic ring is 1. The molecule has 0 unspecified atom stereocenters. The molecule has 1 aromatic rings. The normalized spacial score (nSPS) is 15.9. The molecule has 0 radical (unpaired) electrons. The zero-order chi connectivity index (χ0) is 11.8. The lowest BCUT2D eigenvalue weighted by molar-refractivity contribution is 0.585. The first-order valence-corrected chi connectivity index (χ1v) is 5.47. The molecule has 0 bridgehead atoms. The van der Waals surface area contributed by atoms with Crippen molar-refractivity contribution in [2.75, 3.05) is 5.73 Å². The van der Waals surface area contributed by atoms with Crippen molar-refractivity contribution in [2.45, 2.75) is 27.2 Å². The molecule has 0 aromatic carbocycles. The van der Waals surface area contributed by atoms with Crippen LogP contribution in [0.25, 0.3) is 5.70 Å². The largest absolute Gasteiger partial charge is 0.384 e. The second kappa shape index (κ2) is 3.74. The molecule has 1 aliphatic heterocycles. The number of allylic oxidation sites excluding steroid dienone is 1. The highest BCUT2D eigenvalue weighted by Gasteiger charge is 2.22. The van der Waals surface area contributed by atoms with Gasteiger partial charge in [0.2, 0.25) is 0 Å². The predicted octanol–water partition coefficient (Wildman–Crippen LogP) is 2.90. The number of hydrogen-bond acceptors (Lipinski definition) is 3. The summed E-state index contributed by atoms with van der Waals surface area (Å²) in [4.78, 5) is 8.65. The second-order valence-electron chi connectivity index (χ2n) is 5.07. The van der Waals surface area contributed by atoms with Crippen molar-refractivity contribution in [1.82, 2.24) is 4.98 Å². The minimum atomic E-state index is 0.136. The third-order valence-corrected chi connectivity index (χ3v) is 2.69. The maximum Gasteiger partial charge on any atom is 0.123 e. The van der Waals surface area contributed by atoms with Gasteiger partial charge in [0.1, 0.15) is 5.82 Å². The number of aliphatic imine (C=N–C) groups is 1. The first-order chi connectivity index (χ1) is 7.47. The fourth-order valence-electron chi connectivity index (χ4n) is 1.69. The molecule has 0 fully saturated rings. The van der Waals surface area contributed by atoms with E-state index in [9.17, 15) is 0 Å². The molecular weight excluding hydrogens is 198 g/mol. The molecule has 16 heavy (non-hydrogen) atoms. The van der Waals surface area contributed by atoms with Crippen LogP contribution in [0.15, 0.2) is 29.4 Å². The molecule has 0 atom stereocenters. The Hall–Kier alpha value is -1.64. The van der Waals surface area contributed by atoms with Crippen LogP contribution in [0.1, 0.15) is 32.8 Å². The van der Waals surface area contributed by atoms with Crippen molar-refractivity contribution in [1.29, 1.82) is 0 Å². The van der Waals surface area contributed by atoms with Crippen molar-refractivity contribution in [2.24, 2.45) is 10.4 Å². The molecule has 1 aliphatic rings. The Labute approximate surface area is 96.1 Å². The summed E-state index contributed by atoms with van der Waals surface area (Å²) >= 11 is 0. The smallest absolute Gasteiger partial charge is 0.123 e. The van der Waals surface area contributed by atoms with Crippen LogP contribution >= 0.6 is 0 Å². The molecule has 0 amide bonds. The first kappa shape index (κ1) is 10.9. The van der Waals surface area contributed by atoms with Gasteiger partial charge in [-0.05, 0) is 12.1 Å². The Morgan fingerprint density at radius 2 is 2.06 bits per heavy atom. The summed E-state index contributed by atoms with van der Waals surface area (Å²) in [5, 5.41) is 0. The van der Waals surface area contributed by atoms with Crippen molar-refractivity contribution >= 4 is 17.2 Å². The van der Waals surface area contributed by atoms with Crippen LogP contribution in [-0.4, -0.2) is 10.7 Å². The molecule has 1 aromatic heterocycles. The summed E-state index contributed by atoms with van der Waals surface area (Å²) in [5.74, 6) is 0.540. The van der Waals surface area contributed by atoms with Gasteiger partial charge in [-0.25, -0.2) is 4.98 Å². The van der Waals surface area contributed by atoms with Crippen LogP contribution in [0.2, 0.25) is 0 Å². The predicted molar refractivity (Wildman–Crippen MR) is 68.1 cm³/mol. The number of anilines is 1. The summed E-state index contributed by atoms with van der Waals surface area (Å²) in [6, 6.07) is 3.80. The van der Waals surface area contributed by atoms with Crippen LogP contribution < -0.4 is 5.73 Å². The maximum absolute atomic E-state index is 5.66. The number of pyridine rings is 1. The summed E-state index contributed by atoms with van der Waals surface area (Å²) < 4.78 is 0. The average molecular weight is 215 g/mol. The number of nitrogens with zero attached hydrogens (tertiary/aromatic N) is 2. The van der Waals surface area contributed by atoms with E-state index < -0.39 is 0 Å². The van der Waals surface area contributed by atoms with E-state index in [1.165, 1.54) is 5.71 Å². The lowest BCUT2D eigenvalue weighted by Crippen LogP contribution is -2.17. The third-order valence-electron chi connectivity index (χ3n) is 2.69. The van der Waals surface area contributed by atoms with Gasteiger partial charge in [0.05, 0.1) is 5.70 Å². The Kier molecular flexibility index (Phi) is 2.54. The molecule has 3 heteroatoms. The van der Waals surface area contributed by atoms with E-state index in [0.717, 1.165) is 17.7 Å². The number of rotatable bonds is 1. The van der Waals surface area contributed by atoms with E-state index in [0.29, 0.717) is 5.82 Å². The highest BCUT2D eigenvalue weighted by atomic mass is 14.8. The molecule has 2 heterocycles. The average Bonchev–Trinajstić information content (AvgIpc) is 2.65. The summed E-state index contributed by atoms with van der Waals surface area (Å²) in [6.07, 6.45) is 4.80. The molecule has 3 nitrogen and oxygen atoms in total. The van der Waals surface area contributed by atoms with Gasteiger partial charge >= 0.3 is 0 Å². The second-order valence-corrected chi connectivity index (χ2v) is 5.07. The molecule has 0 saturated carbocycles. The van der Waals surface area contributed by atoms with E-state index >= 15 is 0 Å². The van der Waals surface area contributed by atoms with Crippen molar-refractivity contribution in [3.8, 4) is 0 Å². The van der Waals surface area contributed by atoms with Crippen molar-refractivity contribution in [3.05, 3.63) is 30.0 Å². The van der Waals surface area contributed by atoms with E-state index in [-0.39, 0.29) is 5.41 Å². The Bertz CT molecular complexity index is 464. The molecule has 0 aliphatic carbocycles.